The third-order valence-corrected chi connectivity index (χ3v) is 14.4. The summed E-state index contributed by atoms with van der Waals surface area (Å²) in [7, 11) is 0. The van der Waals surface area contributed by atoms with Crippen molar-refractivity contribution in [3.63, 3.8) is 0 Å². The van der Waals surface area contributed by atoms with Gasteiger partial charge in [0.15, 0.2) is 0 Å². The van der Waals surface area contributed by atoms with Gasteiger partial charge in [-0.1, -0.05) is 65.5 Å². The van der Waals surface area contributed by atoms with Gasteiger partial charge in [-0.05, 0) is 126 Å². The van der Waals surface area contributed by atoms with Gasteiger partial charge >= 0.3 is 0 Å². The Balaban J connectivity index is 1.40. The van der Waals surface area contributed by atoms with Crippen molar-refractivity contribution < 1.29 is 4.92 Å². The highest BCUT2D eigenvalue weighted by Crippen LogP contribution is 2.85. The molecule has 0 aromatic heterocycles. The van der Waals surface area contributed by atoms with E-state index >= 15 is 0 Å². The summed E-state index contributed by atoms with van der Waals surface area (Å²) >= 11 is 0. The molecule has 0 radical (unpaired) electrons. The quantitative estimate of drug-likeness (QED) is 0.274. The SMILES string of the molecule is CCC12CC3CC(CC)(C1)CC(C14CC5(CC)CC(CC)(CC(c6ccc([N+](=O)[O-])cc6)(C5)C1)C4)(C3)C2. The van der Waals surface area contributed by atoms with Crippen LogP contribution in [0.2, 0.25) is 0 Å². The third kappa shape index (κ3) is 3.12. The van der Waals surface area contributed by atoms with Gasteiger partial charge in [-0.15, -0.1) is 0 Å². The van der Waals surface area contributed by atoms with Crippen molar-refractivity contribution in [1.29, 1.82) is 0 Å². The number of hydrogen-bond acceptors (Lipinski definition) is 2. The van der Waals surface area contributed by atoms with Crippen molar-refractivity contribution in [1.82, 2.24) is 0 Å². The van der Waals surface area contributed by atoms with Gasteiger partial charge < -0.3 is 0 Å². The lowest BCUT2D eigenvalue weighted by atomic mass is 9.25. The first-order valence-corrected chi connectivity index (χ1v) is 15.8. The summed E-state index contributed by atoms with van der Waals surface area (Å²) in [5.74, 6) is 0.953. The molecule has 8 fully saturated rings. The van der Waals surface area contributed by atoms with Crippen molar-refractivity contribution in [2.45, 2.75) is 136 Å². The minimum absolute atomic E-state index is 0.206. The van der Waals surface area contributed by atoms with Crippen LogP contribution in [0.3, 0.4) is 0 Å². The van der Waals surface area contributed by atoms with E-state index in [1.165, 1.54) is 108 Å². The summed E-state index contributed by atoms with van der Waals surface area (Å²) in [5, 5.41) is 11.5. The zero-order chi connectivity index (χ0) is 26.0. The molecule has 1 aromatic rings. The number of non-ortho nitro benzene ring substituents is 1. The molecule has 0 aliphatic heterocycles. The van der Waals surface area contributed by atoms with Crippen molar-refractivity contribution in [3.8, 4) is 0 Å². The Morgan fingerprint density at radius 2 is 1.14 bits per heavy atom. The molecule has 0 amide bonds. The predicted octanol–water partition coefficient (Wildman–Crippen LogP) is 9.77. The van der Waals surface area contributed by atoms with Crippen molar-refractivity contribution in [3.05, 3.63) is 39.9 Å². The molecule has 8 aliphatic rings. The predicted molar refractivity (Wildman–Crippen MR) is 149 cm³/mol. The second kappa shape index (κ2) is 7.42. The molecule has 0 heterocycles. The summed E-state index contributed by atoms with van der Waals surface area (Å²) < 4.78 is 0. The van der Waals surface area contributed by atoms with Crippen LogP contribution >= 0.6 is 0 Å². The third-order valence-electron chi connectivity index (χ3n) is 14.4. The Labute approximate surface area is 224 Å². The van der Waals surface area contributed by atoms with Crippen LogP contribution in [0.25, 0.3) is 0 Å². The lowest BCUT2D eigenvalue weighted by Gasteiger charge is -2.79. The van der Waals surface area contributed by atoms with Crippen LogP contribution in [0, 0.1) is 48.5 Å². The number of rotatable bonds is 7. The maximum absolute atomic E-state index is 11.5. The van der Waals surface area contributed by atoms with Crippen molar-refractivity contribution in [2.24, 2.45) is 38.4 Å². The summed E-state index contributed by atoms with van der Waals surface area (Å²) in [6.07, 6.45) is 22.8. The lowest BCUT2D eigenvalue weighted by molar-refractivity contribution is -0.384. The average molecular weight is 504 g/mol. The molecule has 37 heavy (non-hydrogen) atoms. The van der Waals surface area contributed by atoms with E-state index in [1.807, 2.05) is 0 Å². The van der Waals surface area contributed by atoms with Crippen LogP contribution in [-0.2, 0) is 5.41 Å². The average Bonchev–Trinajstić information content (AvgIpc) is 2.87. The monoisotopic (exact) mass is 503 g/mol. The fraction of sp³-hybridized carbons (Fsp3) is 0.824. The van der Waals surface area contributed by atoms with E-state index in [0.717, 1.165) is 5.92 Å². The largest absolute Gasteiger partial charge is 0.269 e. The zero-order valence-electron chi connectivity index (χ0n) is 24.0. The van der Waals surface area contributed by atoms with Crippen LogP contribution in [0.5, 0.6) is 0 Å². The summed E-state index contributed by atoms with van der Waals surface area (Å²) in [6, 6.07) is 7.96. The summed E-state index contributed by atoms with van der Waals surface area (Å²) in [4.78, 5) is 11.3. The maximum atomic E-state index is 11.5. The van der Waals surface area contributed by atoms with Crippen LogP contribution in [-0.4, -0.2) is 4.92 Å². The van der Waals surface area contributed by atoms with E-state index in [4.69, 9.17) is 0 Å². The van der Waals surface area contributed by atoms with E-state index < -0.39 is 0 Å². The molecule has 202 valence electrons. The van der Waals surface area contributed by atoms with Gasteiger partial charge in [0.2, 0.25) is 0 Å². The molecule has 0 spiro atoms. The highest BCUT2D eigenvalue weighted by molar-refractivity contribution is 5.40. The van der Waals surface area contributed by atoms with E-state index in [1.54, 1.807) is 12.1 Å². The van der Waals surface area contributed by atoms with Crippen LogP contribution in [0.1, 0.15) is 136 Å². The van der Waals surface area contributed by atoms with Gasteiger partial charge in [-0.2, -0.15) is 0 Å². The number of nitro groups is 1. The Morgan fingerprint density at radius 3 is 1.62 bits per heavy atom. The highest BCUT2D eigenvalue weighted by Gasteiger charge is 2.75. The van der Waals surface area contributed by atoms with Gasteiger partial charge in [0.05, 0.1) is 4.92 Å². The smallest absolute Gasteiger partial charge is 0.258 e. The second-order valence-corrected chi connectivity index (χ2v) is 16.1. The molecule has 9 rings (SSSR count). The second-order valence-electron chi connectivity index (χ2n) is 16.1. The number of nitro benzene ring substituents is 1. The van der Waals surface area contributed by atoms with Gasteiger partial charge in [-0.3, -0.25) is 10.1 Å². The lowest BCUT2D eigenvalue weighted by Crippen LogP contribution is -2.70. The Hall–Kier alpha value is -1.38. The van der Waals surface area contributed by atoms with Crippen LogP contribution < -0.4 is 0 Å². The molecule has 3 nitrogen and oxygen atoms in total. The molecule has 8 bridgehead atoms. The molecule has 0 saturated heterocycles. The van der Waals surface area contributed by atoms with Crippen LogP contribution in [0.15, 0.2) is 24.3 Å². The molecule has 4 atom stereocenters. The Kier molecular flexibility index (Phi) is 4.94. The van der Waals surface area contributed by atoms with E-state index in [9.17, 15) is 10.1 Å². The fourth-order valence-electron chi connectivity index (χ4n) is 13.8. The number of nitrogens with zero attached hydrogens (tertiary/aromatic N) is 1. The number of benzene rings is 1. The summed E-state index contributed by atoms with van der Waals surface area (Å²) in [5.41, 5.74) is 4.95. The summed E-state index contributed by atoms with van der Waals surface area (Å²) in [6.45, 7) is 10.0. The molecule has 0 N–H and O–H groups in total. The fourth-order valence-corrected chi connectivity index (χ4v) is 13.8. The van der Waals surface area contributed by atoms with Crippen LogP contribution in [0.4, 0.5) is 5.69 Å². The van der Waals surface area contributed by atoms with Crippen molar-refractivity contribution >= 4 is 5.69 Å². The Bertz CT molecular complexity index is 1080. The molecule has 3 heteroatoms. The minimum atomic E-state index is -0.226. The maximum Gasteiger partial charge on any atom is 0.269 e. The molecule has 4 unspecified atom stereocenters. The topological polar surface area (TPSA) is 43.1 Å². The molecule has 8 aliphatic carbocycles. The molecule has 1 aromatic carbocycles. The normalized spacial score (nSPS) is 51.1. The first-order valence-electron chi connectivity index (χ1n) is 15.8. The first kappa shape index (κ1) is 24.6. The highest BCUT2D eigenvalue weighted by atomic mass is 16.6. The number of hydrogen-bond donors (Lipinski definition) is 0. The van der Waals surface area contributed by atoms with E-state index in [2.05, 4.69) is 39.8 Å². The van der Waals surface area contributed by atoms with Gasteiger partial charge in [-0.25, -0.2) is 0 Å². The zero-order valence-corrected chi connectivity index (χ0v) is 24.0. The Morgan fingerprint density at radius 1 is 0.649 bits per heavy atom. The molecular formula is C34H49NO2. The minimum Gasteiger partial charge on any atom is -0.258 e. The van der Waals surface area contributed by atoms with Gasteiger partial charge in [0, 0.05) is 12.1 Å². The van der Waals surface area contributed by atoms with Gasteiger partial charge in [0.1, 0.15) is 0 Å². The standard InChI is InChI=1S/C34H49NO2/c1-5-28-13-25-14-29(6-2,16-28)21-33(15-25,20-28)34-22-30(7-3)17-31(8-4,23-34)19-32(18-30,24-34)26-9-11-27(12-10-26)35(36)37/h9-12,25H,5-8,13-24H2,1-4H3. The first-order chi connectivity index (χ1) is 17.6. The van der Waals surface area contributed by atoms with E-state index in [-0.39, 0.29) is 16.0 Å². The van der Waals surface area contributed by atoms with Crippen molar-refractivity contribution in [2.75, 3.05) is 0 Å². The molecule has 8 saturated carbocycles. The van der Waals surface area contributed by atoms with E-state index in [0.29, 0.717) is 32.5 Å². The van der Waals surface area contributed by atoms with Gasteiger partial charge in [0.25, 0.3) is 5.69 Å². The molecular weight excluding hydrogens is 454 g/mol.